The summed E-state index contributed by atoms with van der Waals surface area (Å²) in [5.41, 5.74) is 1.35. The van der Waals surface area contributed by atoms with Crippen LogP contribution in [0, 0.1) is 17.6 Å². The van der Waals surface area contributed by atoms with Gasteiger partial charge in [-0.15, -0.1) is 10.2 Å². The minimum atomic E-state index is -0.347. The van der Waals surface area contributed by atoms with Crippen LogP contribution in [0.25, 0.3) is 17.1 Å². The van der Waals surface area contributed by atoms with E-state index < -0.39 is 0 Å². The number of hydrogen-bond acceptors (Lipinski definition) is 4. The largest absolute Gasteiger partial charge is 0.342 e. The second-order valence-corrected chi connectivity index (χ2v) is 8.64. The lowest BCUT2D eigenvalue weighted by molar-refractivity contribution is -0.128. The van der Waals surface area contributed by atoms with Crippen molar-refractivity contribution in [2.45, 2.75) is 31.3 Å². The first kappa shape index (κ1) is 21.5. The molecular formula is C23H24F2N4OS. The molecule has 1 fully saturated rings. The second-order valence-electron chi connectivity index (χ2n) is 7.70. The first-order valence-corrected chi connectivity index (χ1v) is 11.4. The van der Waals surface area contributed by atoms with Crippen molar-refractivity contribution in [3.63, 3.8) is 0 Å². The third kappa shape index (κ3) is 5.31. The number of carbonyl (C=O) groups is 1. The van der Waals surface area contributed by atoms with Crippen molar-refractivity contribution in [2.75, 3.05) is 18.8 Å². The Labute approximate surface area is 184 Å². The molecule has 0 spiro atoms. The number of thioether (sulfide) groups is 1. The van der Waals surface area contributed by atoms with Gasteiger partial charge in [-0.3, -0.25) is 9.36 Å². The van der Waals surface area contributed by atoms with E-state index >= 15 is 0 Å². The van der Waals surface area contributed by atoms with E-state index in [4.69, 9.17) is 0 Å². The third-order valence-electron chi connectivity index (χ3n) is 5.17. The Morgan fingerprint density at radius 2 is 1.71 bits per heavy atom. The maximum atomic E-state index is 13.5. The van der Waals surface area contributed by atoms with E-state index in [-0.39, 0.29) is 23.3 Å². The Morgan fingerprint density at radius 1 is 1.06 bits per heavy atom. The van der Waals surface area contributed by atoms with Gasteiger partial charge in [0.2, 0.25) is 5.91 Å². The molecule has 31 heavy (non-hydrogen) atoms. The third-order valence-corrected chi connectivity index (χ3v) is 6.08. The summed E-state index contributed by atoms with van der Waals surface area (Å²) in [6, 6.07) is 12.0. The van der Waals surface area contributed by atoms with Crippen LogP contribution >= 0.6 is 11.8 Å². The molecule has 0 aliphatic heterocycles. The van der Waals surface area contributed by atoms with Gasteiger partial charge in [-0.1, -0.05) is 18.7 Å². The molecule has 3 aromatic rings. The summed E-state index contributed by atoms with van der Waals surface area (Å²) in [6.45, 7) is 3.64. The Kier molecular flexibility index (Phi) is 6.65. The molecule has 0 saturated heterocycles. The number of amides is 1. The molecule has 0 bridgehead atoms. The zero-order chi connectivity index (χ0) is 21.8. The highest BCUT2D eigenvalue weighted by Gasteiger charge is 2.27. The first-order valence-electron chi connectivity index (χ1n) is 10.4. The predicted octanol–water partition coefficient (Wildman–Crippen LogP) is 4.95. The highest BCUT2D eigenvalue weighted by molar-refractivity contribution is 7.99. The van der Waals surface area contributed by atoms with Gasteiger partial charge in [-0.2, -0.15) is 0 Å². The van der Waals surface area contributed by atoms with Gasteiger partial charge in [-0.05, 0) is 73.7 Å². The lowest BCUT2D eigenvalue weighted by Crippen LogP contribution is -2.35. The van der Waals surface area contributed by atoms with E-state index in [1.54, 1.807) is 28.8 Å². The van der Waals surface area contributed by atoms with Crippen molar-refractivity contribution in [3.05, 3.63) is 60.2 Å². The molecule has 0 atom stereocenters. The second kappa shape index (κ2) is 9.60. The number of halogens is 2. The van der Waals surface area contributed by atoms with Gasteiger partial charge in [0.05, 0.1) is 5.75 Å². The molecule has 1 heterocycles. The molecule has 0 radical (unpaired) electrons. The average Bonchev–Trinajstić information content (AvgIpc) is 3.49. The number of nitrogens with zero attached hydrogens (tertiary/aromatic N) is 4. The topological polar surface area (TPSA) is 51.0 Å². The van der Waals surface area contributed by atoms with E-state index in [1.807, 2.05) is 4.90 Å². The highest BCUT2D eigenvalue weighted by Crippen LogP contribution is 2.31. The van der Waals surface area contributed by atoms with E-state index in [2.05, 4.69) is 17.1 Å². The van der Waals surface area contributed by atoms with Crippen molar-refractivity contribution in [1.82, 2.24) is 19.7 Å². The van der Waals surface area contributed by atoms with Crippen molar-refractivity contribution >= 4 is 17.7 Å². The average molecular weight is 443 g/mol. The monoisotopic (exact) mass is 442 g/mol. The molecule has 162 valence electrons. The molecule has 5 nitrogen and oxygen atoms in total. The van der Waals surface area contributed by atoms with E-state index in [0.717, 1.165) is 19.5 Å². The summed E-state index contributed by atoms with van der Waals surface area (Å²) in [5, 5.41) is 9.10. The molecule has 2 aromatic carbocycles. The lowest BCUT2D eigenvalue weighted by atomic mass is 10.2. The molecular weight excluding hydrogens is 418 g/mol. The first-order chi connectivity index (χ1) is 15.0. The van der Waals surface area contributed by atoms with Gasteiger partial charge in [0.25, 0.3) is 0 Å². The number of rotatable bonds is 9. The Hall–Kier alpha value is -2.74. The van der Waals surface area contributed by atoms with Crippen LogP contribution in [0.3, 0.4) is 0 Å². The maximum Gasteiger partial charge on any atom is 0.233 e. The highest BCUT2D eigenvalue weighted by atomic mass is 32.2. The van der Waals surface area contributed by atoms with Gasteiger partial charge in [-0.25, -0.2) is 8.78 Å². The van der Waals surface area contributed by atoms with Crippen molar-refractivity contribution < 1.29 is 13.6 Å². The van der Waals surface area contributed by atoms with Crippen LogP contribution in [0.2, 0.25) is 0 Å². The van der Waals surface area contributed by atoms with Crippen molar-refractivity contribution in [3.8, 4) is 17.1 Å². The summed E-state index contributed by atoms with van der Waals surface area (Å²) in [6.07, 6.45) is 3.31. The van der Waals surface area contributed by atoms with Crippen LogP contribution < -0.4 is 0 Å². The summed E-state index contributed by atoms with van der Waals surface area (Å²) >= 11 is 1.30. The predicted molar refractivity (Wildman–Crippen MR) is 117 cm³/mol. The van der Waals surface area contributed by atoms with Crippen LogP contribution in [0.15, 0.2) is 53.7 Å². The molecule has 0 N–H and O–H groups in total. The van der Waals surface area contributed by atoms with E-state index in [1.165, 1.54) is 48.9 Å². The zero-order valence-electron chi connectivity index (χ0n) is 17.3. The number of carbonyl (C=O) groups excluding carboxylic acids is 1. The van der Waals surface area contributed by atoms with E-state index in [0.29, 0.717) is 28.1 Å². The van der Waals surface area contributed by atoms with Gasteiger partial charge in [0, 0.05) is 24.3 Å². The number of hydrogen-bond donors (Lipinski definition) is 0. The molecule has 1 aromatic heterocycles. The fourth-order valence-corrected chi connectivity index (χ4v) is 4.24. The van der Waals surface area contributed by atoms with Gasteiger partial charge in [0.15, 0.2) is 11.0 Å². The zero-order valence-corrected chi connectivity index (χ0v) is 18.1. The van der Waals surface area contributed by atoms with Gasteiger partial charge >= 0.3 is 0 Å². The van der Waals surface area contributed by atoms with Crippen LogP contribution in [-0.4, -0.2) is 44.4 Å². The Morgan fingerprint density at radius 3 is 2.32 bits per heavy atom. The number of benzene rings is 2. The molecule has 1 aliphatic rings. The lowest BCUT2D eigenvalue weighted by Gasteiger charge is -2.21. The standard InChI is InChI=1S/C23H24F2N4OS/c1-2-13-28(14-16-3-4-16)21(30)15-31-23-27-26-22(17-5-7-18(24)8-6-17)29(23)20-11-9-19(25)10-12-20/h5-12,16H,2-4,13-15H2,1H3. The molecule has 4 rings (SSSR count). The normalized spacial score (nSPS) is 13.4. The summed E-state index contributed by atoms with van der Waals surface area (Å²) < 4.78 is 28.6. The fraction of sp³-hybridized carbons (Fsp3) is 0.348. The van der Waals surface area contributed by atoms with Crippen LogP contribution in [-0.2, 0) is 4.79 Å². The Bertz CT molecular complexity index is 1030. The number of aromatic nitrogens is 3. The fourth-order valence-electron chi connectivity index (χ4n) is 3.39. The van der Waals surface area contributed by atoms with Crippen LogP contribution in [0.1, 0.15) is 26.2 Å². The molecule has 1 saturated carbocycles. The van der Waals surface area contributed by atoms with Crippen LogP contribution in [0.5, 0.6) is 0 Å². The van der Waals surface area contributed by atoms with E-state index in [9.17, 15) is 13.6 Å². The summed E-state index contributed by atoms with van der Waals surface area (Å²) in [5.74, 6) is 0.771. The molecule has 1 amide bonds. The molecule has 8 heteroatoms. The minimum Gasteiger partial charge on any atom is -0.342 e. The van der Waals surface area contributed by atoms with Gasteiger partial charge < -0.3 is 4.90 Å². The molecule has 1 aliphatic carbocycles. The van der Waals surface area contributed by atoms with Crippen molar-refractivity contribution in [2.24, 2.45) is 5.92 Å². The summed E-state index contributed by atoms with van der Waals surface area (Å²) in [4.78, 5) is 14.8. The van der Waals surface area contributed by atoms with Crippen molar-refractivity contribution in [1.29, 1.82) is 0 Å². The minimum absolute atomic E-state index is 0.0794. The smallest absolute Gasteiger partial charge is 0.233 e. The quantitative estimate of drug-likeness (QED) is 0.440. The molecule has 0 unspecified atom stereocenters. The van der Waals surface area contributed by atoms with Crippen LogP contribution in [0.4, 0.5) is 8.78 Å². The van der Waals surface area contributed by atoms with Gasteiger partial charge in [0.1, 0.15) is 11.6 Å². The Balaban J connectivity index is 1.60. The summed E-state index contributed by atoms with van der Waals surface area (Å²) in [7, 11) is 0. The SMILES string of the molecule is CCCN(CC1CC1)C(=O)CSc1nnc(-c2ccc(F)cc2)n1-c1ccc(F)cc1. The maximum absolute atomic E-state index is 13.5.